The van der Waals surface area contributed by atoms with Crippen LogP contribution in [0.15, 0.2) is 4.63 Å². The molecule has 52 heavy (non-hydrogen) atoms. The first-order valence-corrected chi connectivity index (χ1v) is 15.5. The molecule has 0 saturated carbocycles. The Balaban J connectivity index is 2.31. The molecule has 2 saturated heterocycles. The third-order valence-electron chi connectivity index (χ3n) is 7.19. The Morgan fingerprint density at radius 2 is 0.846 bits per heavy atom. The predicted octanol–water partition coefficient (Wildman–Crippen LogP) is -1.10. The largest absolute Gasteiger partial charge is 0.463 e. The third kappa shape index (κ3) is 10.6. The Hall–Kier alpha value is -5.38. The van der Waals surface area contributed by atoms with Crippen molar-refractivity contribution in [2.24, 2.45) is 0 Å². The van der Waals surface area contributed by atoms with Gasteiger partial charge in [0.05, 0.1) is 0 Å². The van der Waals surface area contributed by atoms with Crippen molar-refractivity contribution in [2.75, 3.05) is 13.2 Å². The van der Waals surface area contributed by atoms with Crippen molar-refractivity contribution in [3.63, 3.8) is 0 Å². The van der Waals surface area contributed by atoms with Crippen LogP contribution in [0.1, 0.15) is 79.0 Å². The Morgan fingerprint density at radius 3 is 1.21 bits per heavy atom. The van der Waals surface area contributed by atoms with Gasteiger partial charge in [-0.25, -0.2) is 0 Å². The van der Waals surface area contributed by atoms with Crippen LogP contribution in [0.25, 0.3) is 0 Å². The highest BCUT2D eigenvalue weighted by Gasteiger charge is 2.60. The van der Waals surface area contributed by atoms with Crippen LogP contribution in [0.3, 0.4) is 0 Å². The minimum atomic E-state index is -1.88. The number of hydrogen-bond donors (Lipinski definition) is 0. The number of ether oxygens (including phenoxy) is 10. The molecule has 0 amide bonds. The number of nitrogens with zero attached hydrogens (tertiary/aromatic N) is 2. The molecule has 0 radical (unpaired) electrons. The summed E-state index contributed by atoms with van der Waals surface area (Å²) in [6.45, 7) is 6.76. The Labute approximate surface area is 294 Å². The fourth-order valence-corrected chi connectivity index (χ4v) is 5.61. The minimum Gasteiger partial charge on any atom is -0.463 e. The van der Waals surface area contributed by atoms with Gasteiger partial charge in [0.15, 0.2) is 48.8 Å². The van der Waals surface area contributed by atoms with Crippen LogP contribution in [-0.4, -0.2) is 115 Å². The molecule has 1 aromatic rings. The smallest absolute Gasteiger partial charge is 0.303 e. The maximum absolute atomic E-state index is 13.5. The van der Waals surface area contributed by atoms with Crippen LogP contribution in [0, 0.1) is 5.21 Å². The van der Waals surface area contributed by atoms with Gasteiger partial charge >= 0.3 is 47.8 Å². The topological polar surface area (TPSA) is 282 Å². The fourth-order valence-electron chi connectivity index (χ4n) is 5.61. The second-order valence-electron chi connectivity index (χ2n) is 11.4. The molecule has 0 unspecified atom stereocenters. The molecule has 3 rings (SSSR count). The first kappa shape index (κ1) is 41.0. The standard InChI is InChI=1S/C30H38N2O20/c1-11(33)42-9-19-23(44-13(3)35)27(46-15(5)37)29(48-17(7)39)25(50-19)21-22(32(41)52-31-21)26-30(49-18(8)40)28(47-16(6)38)24(45-14(4)36)20(51-26)10-43-12(2)34/h19-20,23-30H,9-10H2,1-8H3/t19-,20-,23-,24-,25-,26-,27+,28+,29+,30+/m1/s1. The zero-order chi connectivity index (χ0) is 39.0. The van der Waals surface area contributed by atoms with E-state index in [2.05, 4.69) is 5.16 Å². The summed E-state index contributed by atoms with van der Waals surface area (Å²) >= 11 is 0. The summed E-state index contributed by atoms with van der Waals surface area (Å²) < 4.78 is 59.8. The average molecular weight is 747 g/mol. The van der Waals surface area contributed by atoms with Crippen molar-refractivity contribution >= 4 is 47.8 Å². The number of esters is 8. The monoisotopic (exact) mass is 746 g/mol. The molecule has 0 aliphatic carbocycles. The lowest BCUT2D eigenvalue weighted by atomic mass is 9.88. The van der Waals surface area contributed by atoms with Gasteiger partial charge in [0, 0.05) is 60.5 Å². The van der Waals surface area contributed by atoms with Crippen LogP contribution >= 0.6 is 0 Å². The Morgan fingerprint density at radius 1 is 0.519 bits per heavy atom. The summed E-state index contributed by atoms with van der Waals surface area (Å²) in [6.07, 6.45) is -16.9. The van der Waals surface area contributed by atoms with Gasteiger partial charge in [-0.2, -0.15) is 0 Å². The van der Waals surface area contributed by atoms with Gasteiger partial charge in [-0.3, -0.25) is 43.0 Å². The van der Waals surface area contributed by atoms with Crippen molar-refractivity contribution in [3.05, 3.63) is 16.6 Å². The molecule has 10 atom stereocenters. The van der Waals surface area contributed by atoms with Crippen molar-refractivity contribution in [3.8, 4) is 0 Å². The van der Waals surface area contributed by atoms with E-state index in [4.69, 9.17) is 52.0 Å². The van der Waals surface area contributed by atoms with E-state index >= 15 is 0 Å². The highest BCUT2D eigenvalue weighted by atomic mass is 16.8. The Bertz CT molecular complexity index is 1540. The first-order chi connectivity index (χ1) is 24.3. The summed E-state index contributed by atoms with van der Waals surface area (Å²) in [5.74, 6) is -7.34. The van der Waals surface area contributed by atoms with E-state index in [0.717, 1.165) is 55.4 Å². The lowest BCUT2D eigenvalue weighted by Gasteiger charge is -2.44. The van der Waals surface area contributed by atoms with Crippen molar-refractivity contribution in [2.45, 2.75) is 116 Å². The second kappa shape index (κ2) is 17.7. The number of rotatable bonds is 12. The predicted molar refractivity (Wildman–Crippen MR) is 157 cm³/mol. The first-order valence-electron chi connectivity index (χ1n) is 15.5. The van der Waals surface area contributed by atoms with Crippen molar-refractivity contribution < 1.29 is 95.3 Å². The molecule has 0 aromatic carbocycles. The van der Waals surface area contributed by atoms with Gasteiger partial charge in [-0.05, 0) is 4.90 Å². The molecular weight excluding hydrogens is 708 g/mol. The second-order valence-corrected chi connectivity index (χ2v) is 11.4. The summed E-state index contributed by atoms with van der Waals surface area (Å²) in [6, 6.07) is 0. The molecule has 1 aromatic heterocycles. The van der Waals surface area contributed by atoms with Gasteiger partial charge in [-0.15, -0.1) is 0 Å². The van der Waals surface area contributed by atoms with Gasteiger partial charge < -0.3 is 52.6 Å². The van der Waals surface area contributed by atoms with Gasteiger partial charge in [0.1, 0.15) is 25.4 Å². The molecule has 0 spiro atoms. The molecule has 0 N–H and O–H groups in total. The van der Waals surface area contributed by atoms with Gasteiger partial charge in [0.25, 0.3) is 5.69 Å². The zero-order valence-corrected chi connectivity index (χ0v) is 29.2. The lowest BCUT2D eigenvalue weighted by molar-refractivity contribution is -0.811. The molecule has 22 heteroatoms. The fraction of sp³-hybridized carbons (Fsp3) is 0.667. The van der Waals surface area contributed by atoms with Crippen LogP contribution in [0.2, 0.25) is 0 Å². The number of aromatic nitrogens is 2. The molecular formula is C30H38N2O20. The van der Waals surface area contributed by atoms with E-state index in [0.29, 0.717) is 0 Å². The molecule has 3 heterocycles. The van der Waals surface area contributed by atoms with E-state index in [-0.39, 0.29) is 4.90 Å². The summed E-state index contributed by atoms with van der Waals surface area (Å²) in [4.78, 5) is 97.2. The molecule has 0 bridgehead atoms. The van der Waals surface area contributed by atoms with Crippen molar-refractivity contribution in [1.29, 1.82) is 0 Å². The normalized spacial score (nSPS) is 28.3. The molecule has 22 nitrogen and oxygen atoms in total. The van der Waals surface area contributed by atoms with Gasteiger partial charge in [0.2, 0.25) is 5.69 Å². The maximum atomic E-state index is 13.5. The van der Waals surface area contributed by atoms with Crippen molar-refractivity contribution in [1.82, 2.24) is 5.16 Å². The third-order valence-corrected chi connectivity index (χ3v) is 7.19. The average Bonchev–Trinajstić information content (AvgIpc) is 3.38. The number of carbonyl (C=O) groups excluding carboxylic acids is 8. The highest BCUT2D eigenvalue weighted by Crippen LogP contribution is 2.43. The Kier molecular flexibility index (Phi) is 14.0. The number of carbonyl (C=O) groups is 8. The molecule has 288 valence electrons. The maximum Gasteiger partial charge on any atom is 0.303 e. The van der Waals surface area contributed by atoms with Crippen LogP contribution in [0.4, 0.5) is 0 Å². The highest BCUT2D eigenvalue weighted by molar-refractivity contribution is 5.70. The van der Waals surface area contributed by atoms with Crippen LogP contribution < -0.4 is 4.90 Å². The zero-order valence-electron chi connectivity index (χ0n) is 29.2. The van der Waals surface area contributed by atoms with E-state index in [1.807, 2.05) is 0 Å². The summed E-state index contributed by atoms with van der Waals surface area (Å²) in [7, 11) is 0. The quantitative estimate of drug-likeness (QED) is 0.139. The minimum absolute atomic E-state index is 0.218. The van der Waals surface area contributed by atoms with E-state index in [1.54, 1.807) is 0 Å². The number of hydrogen-bond acceptors (Lipinski definition) is 21. The van der Waals surface area contributed by atoms with Crippen LogP contribution in [-0.2, 0) is 85.7 Å². The van der Waals surface area contributed by atoms with E-state index < -0.39 is 133 Å². The molecule has 2 aliphatic heterocycles. The van der Waals surface area contributed by atoms with Crippen LogP contribution in [0.5, 0.6) is 0 Å². The van der Waals surface area contributed by atoms with Gasteiger partial charge in [-0.1, -0.05) is 0 Å². The molecule has 2 fully saturated rings. The summed E-state index contributed by atoms with van der Waals surface area (Å²) in [5, 5.41) is 17.2. The lowest BCUT2D eigenvalue weighted by Crippen LogP contribution is -2.61. The van der Waals surface area contributed by atoms with E-state index in [1.165, 1.54) is 0 Å². The molecule has 2 aliphatic rings. The SMILES string of the molecule is CC(=O)OC[C@H]1O[C@H](c2no[n+]([O-])c2[C@H]2O[C@H](COC(C)=O)[C@@H](OC(C)=O)[C@H](OC(C)=O)[C@H]2OC(C)=O)[C@H](OC(C)=O)[C@@H](OC(C)=O)[C@@H]1OC(C)=O. The summed E-state index contributed by atoms with van der Waals surface area (Å²) in [5.41, 5.74) is -1.24. The van der Waals surface area contributed by atoms with E-state index in [9.17, 15) is 43.6 Å².